The number of hydrogen-bond donors (Lipinski definition) is 0. The maximum absolute atomic E-state index is 4.71. The van der Waals surface area contributed by atoms with Gasteiger partial charge in [0.05, 0.1) is 5.52 Å². The van der Waals surface area contributed by atoms with Crippen LogP contribution in [0.5, 0.6) is 0 Å². The van der Waals surface area contributed by atoms with E-state index in [1.54, 1.807) is 0 Å². The van der Waals surface area contributed by atoms with Crippen LogP contribution in [-0.2, 0) is 7.05 Å². The second-order valence-corrected chi connectivity index (χ2v) is 5.38. The standard InChI is InChI=1S/C15H22N2/c1-8(2)13-10(4)9(3)11(5)14-12(6)17(7)16-15(13)14/h8H,1-7H3. The molecule has 0 fully saturated rings. The number of benzene rings is 1. The monoisotopic (exact) mass is 230 g/mol. The molecule has 2 nitrogen and oxygen atoms in total. The van der Waals surface area contributed by atoms with Gasteiger partial charge < -0.3 is 0 Å². The van der Waals surface area contributed by atoms with Crippen molar-refractivity contribution in [3.05, 3.63) is 27.9 Å². The average Bonchev–Trinajstić information content (AvgIpc) is 2.52. The van der Waals surface area contributed by atoms with Crippen molar-refractivity contribution in [1.82, 2.24) is 9.78 Å². The Morgan fingerprint density at radius 2 is 1.53 bits per heavy atom. The summed E-state index contributed by atoms with van der Waals surface area (Å²) in [5.74, 6) is 0.520. The summed E-state index contributed by atoms with van der Waals surface area (Å²) in [6, 6.07) is 0. The average molecular weight is 230 g/mol. The maximum atomic E-state index is 4.71. The summed E-state index contributed by atoms with van der Waals surface area (Å²) < 4.78 is 2.00. The van der Waals surface area contributed by atoms with Gasteiger partial charge in [0.15, 0.2) is 0 Å². The molecule has 0 N–H and O–H groups in total. The quantitative estimate of drug-likeness (QED) is 0.725. The summed E-state index contributed by atoms with van der Waals surface area (Å²) in [5, 5.41) is 6.06. The highest BCUT2D eigenvalue weighted by Crippen LogP contribution is 2.34. The fraction of sp³-hybridized carbons (Fsp3) is 0.533. The number of aryl methyl sites for hydroxylation is 3. The lowest BCUT2D eigenvalue weighted by Crippen LogP contribution is -1.99. The summed E-state index contributed by atoms with van der Waals surface area (Å²) in [7, 11) is 2.03. The predicted molar refractivity (Wildman–Crippen MR) is 73.8 cm³/mol. The molecule has 92 valence electrons. The van der Waals surface area contributed by atoms with Crippen LogP contribution in [0.2, 0.25) is 0 Å². The number of fused-ring (bicyclic) bond motifs is 1. The zero-order valence-corrected chi connectivity index (χ0v) is 12.0. The first kappa shape index (κ1) is 12.2. The Hall–Kier alpha value is -1.31. The molecule has 2 heteroatoms. The molecule has 0 saturated carbocycles. The molecular weight excluding hydrogens is 208 g/mol. The summed E-state index contributed by atoms with van der Waals surface area (Å²) >= 11 is 0. The molecule has 2 aromatic rings. The van der Waals surface area contributed by atoms with Crippen LogP contribution >= 0.6 is 0 Å². The number of hydrogen-bond acceptors (Lipinski definition) is 1. The molecule has 1 heterocycles. The molecule has 1 aromatic carbocycles. The van der Waals surface area contributed by atoms with Crippen molar-refractivity contribution in [2.75, 3.05) is 0 Å². The Kier molecular flexibility index (Phi) is 2.76. The predicted octanol–water partition coefficient (Wildman–Crippen LogP) is 3.93. The number of nitrogens with zero attached hydrogens (tertiary/aromatic N) is 2. The van der Waals surface area contributed by atoms with Crippen LogP contribution in [-0.4, -0.2) is 9.78 Å². The van der Waals surface area contributed by atoms with Crippen LogP contribution in [0, 0.1) is 27.7 Å². The minimum absolute atomic E-state index is 0.520. The smallest absolute Gasteiger partial charge is 0.0966 e. The minimum atomic E-state index is 0.520. The van der Waals surface area contributed by atoms with E-state index in [-0.39, 0.29) is 0 Å². The van der Waals surface area contributed by atoms with Crippen molar-refractivity contribution in [2.45, 2.75) is 47.5 Å². The van der Waals surface area contributed by atoms with Crippen LogP contribution in [0.1, 0.15) is 47.7 Å². The van der Waals surface area contributed by atoms with Crippen molar-refractivity contribution in [3.63, 3.8) is 0 Å². The number of aromatic nitrogens is 2. The zero-order chi connectivity index (χ0) is 12.9. The molecule has 0 spiro atoms. The van der Waals surface area contributed by atoms with E-state index in [1.807, 2.05) is 11.7 Å². The highest BCUT2D eigenvalue weighted by Gasteiger charge is 2.18. The molecule has 0 aliphatic rings. The molecule has 0 aliphatic heterocycles. The molecule has 17 heavy (non-hydrogen) atoms. The van der Waals surface area contributed by atoms with Gasteiger partial charge in [0.25, 0.3) is 0 Å². The second-order valence-electron chi connectivity index (χ2n) is 5.38. The van der Waals surface area contributed by atoms with Gasteiger partial charge in [-0.3, -0.25) is 4.68 Å². The molecule has 0 bridgehead atoms. The first-order valence-corrected chi connectivity index (χ1v) is 6.29. The van der Waals surface area contributed by atoms with Crippen molar-refractivity contribution in [1.29, 1.82) is 0 Å². The van der Waals surface area contributed by atoms with Gasteiger partial charge in [0, 0.05) is 18.1 Å². The largest absolute Gasteiger partial charge is 0.272 e. The van der Waals surface area contributed by atoms with E-state index in [9.17, 15) is 0 Å². The third kappa shape index (κ3) is 1.58. The van der Waals surface area contributed by atoms with Crippen LogP contribution < -0.4 is 0 Å². The molecule has 0 unspecified atom stereocenters. The highest BCUT2D eigenvalue weighted by atomic mass is 15.3. The SMILES string of the molecule is Cc1c(C)c(C)c2c(C)n(C)nc2c1C(C)C. The summed E-state index contributed by atoms with van der Waals surface area (Å²) in [4.78, 5) is 0. The Labute approximate surface area is 104 Å². The van der Waals surface area contributed by atoms with Crippen LogP contribution in [0.15, 0.2) is 0 Å². The van der Waals surface area contributed by atoms with Crippen LogP contribution in [0.3, 0.4) is 0 Å². The molecule has 0 saturated heterocycles. The van der Waals surface area contributed by atoms with Crippen molar-refractivity contribution >= 4 is 10.9 Å². The molecule has 1 aromatic heterocycles. The second kappa shape index (κ2) is 3.86. The van der Waals surface area contributed by atoms with Crippen molar-refractivity contribution in [2.24, 2.45) is 7.05 Å². The van der Waals surface area contributed by atoms with Crippen molar-refractivity contribution < 1.29 is 0 Å². The molecule has 2 rings (SSSR count). The van der Waals surface area contributed by atoms with Gasteiger partial charge in [0.2, 0.25) is 0 Å². The summed E-state index contributed by atoms with van der Waals surface area (Å²) in [6.45, 7) is 13.3. The summed E-state index contributed by atoms with van der Waals surface area (Å²) in [5.41, 5.74) is 8.07. The van der Waals surface area contributed by atoms with E-state index < -0.39 is 0 Å². The molecule has 0 atom stereocenters. The van der Waals surface area contributed by atoms with Gasteiger partial charge in [-0.1, -0.05) is 13.8 Å². The van der Waals surface area contributed by atoms with E-state index in [0.717, 1.165) is 0 Å². The first-order valence-electron chi connectivity index (χ1n) is 6.29. The topological polar surface area (TPSA) is 17.8 Å². The number of rotatable bonds is 1. The van der Waals surface area contributed by atoms with E-state index in [2.05, 4.69) is 41.5 Å². The fourth-order valence-corrected chi connectivity index (χ4v) is 2.80. The Morgan fingerprint density at radius 1 is 0.941 bits per heavy atom. The molecule has 0 amide bonds. The third-order valence-corrected chi connectivity index (χ3v) is 4.07. The van der Waals surface area contributed by atoms with Gasteiger partial charge in [-0.15, -0.1) is 0 Å². The lowest BCUT2D eigenvalue weighted by molar-refractivity contribution is 0.746. The van der Waals surface area contributed by atoms with E-state index >= 15 is 0 Å². The lowest BCUT2D eigenvalue weighted by Gasteiger charge is -2.16. The minimum Gasteiger partial charge on any atom is -0.272 e. The molecule has 0 radical (unpaired) electrons. The zero-order valence-electron chi connectivity index (χ0n) is 12.0. The molecular formula is C15H22N2. The van der Waals surface area contributed by atoms with Gasteiger partial charge in [-0.25, -0.2) is 0 Å². The highest BCUT2D eigenvalue weighted by molar-refractivity contribution is 5.90. The summed E-state index contributed by atoms with van der Waals surface area (Å²) in [6.07, 6.45) is 0. The van der Waals surface area contributed by atoms with Gasteiger partial charge >= 0.3 is 0 Å². The first-order chi connectivity index (χ1) is 7.86. The van der Waals surface area contributed by atoms with Gasteiger partial charge in [-0.2, -0.15) is 5.10 Å². The third-order valence-electron chi connectivity index (χ3n) is 4.07. The Balaban J connectivity index is 3.04. The van der Waals surface area contributed by atoms with E-state index in [1.165, 1.54) is 38.9 Å². The Morgan fingerprint density at radius 3 is 2.06 bits per heavy atom. The normalized spacial score (nSPS) is 11.8. The maximum Gasteiger partial charge on any atom is 0.0966 e. The van der Waals surface area contributed by atoms with Gasteiger partial charge in [0.1, 0.15) is 0 Å². The van der Waals surface area contributed by atoms with Gasteiger partial charge in [-0.05, 0) is 55.9 Å². The lowest BCUT2D eigenvalue weighted by atomic mass is 9.88. The Bertz CT molecular complexity index is 589. The van der Waals surface area contributed by atoms with Crippen LogP contribution in [0.25, 0.3) is 10.9 Å². The van der Waals surface area contributed by atoms with Crippen molar-refractivity contribution in [3.8, 4) is 0 Å². The van der Waals surface area contributed by atoms with E-state index in [4.69, 9.17) is 5.10 Å². The molecule has 0 aliphatic carbocycles. The van der Waals surface area contributed by atoms with E-state index in [0.29, 0.717) is 5.92 Å². The fourth-order valence-electron chi connectivity index (χ4n) is 2.80. The van der Waals surface area contributed by atoms with Crippen LogP contribution in [0.4, 0.5) is 0 Å².